The highest BCUT2D eigenvalue weighted by molar-refractivity contribution is 5.71. The third-order valence-corrected chi connectivity index (χ3v) is 12.0. The van der Waals surface area contributed by atoms with Gasteiger partial charge in [0.25, 0.3) is 0 Å². The van der Waals surface area contributed by atoms with Crippen molar-refractivity contribution in [3.05, 3.63) is 60.8 Å². The fourth-order valence-electron chi connectivity index (χ4n) is 7.79. The molecule has 0 amide bonds. The quantitative estimate of drug-likeness (QED) is 0.0199. The lowest BCUT2D eigenvalue weighted by atomic mass is 10.1. The normalized spacial score (nSPS) is 12.5. The molecule has 0 aliphatic rings. The molecule has 1 atom stereocenters. The maximum absolute atomic E-state index is 12.8. The highest BCUT2D eigenvalue weighted by Crippen LogP contribution is 2.14. The van der Waals surface area contributed by atoms with E-state index in [0.29, 0.717) is 19.3 Å². The molecule has 0 aliphatic carbocycles. The number of unbranched alkanes of at least 4 members (excludes halogenated alkanes) is 31. The Labute approximate surface area is 402 Å². The second-order valence-electron chi connectivity index (χ2n) is 18.5. The number of ether oxygens (including phenoxy) is 3. The lowest BCUT2D eigenvalue weighted by Gasteiger charge is -2.18. The van der Waals surface area contributed by atoms with Gasteiger partial charge in [0.15, 0.2) is 6.10 Å². The van der Waals surface area contributed by atoms with Gasteiger partial charge in [0.05, 0.1) is 0 Å². The van der Waals surface area contributed by atoms with Crippen molar-refractivity contribution in [3.63, 3.8) is 0 Å². The van der Waals surface area contributed by atoms with Gasteiger partial charge in [0.1, 0.15) is 13.2 Å². The molecule has 0 saturated carbocycles. The maximum atomic E-state index is 12.8. The van der Waals surface area contributed by atoms with E-state index in [0.717, 1.165) is 89.9 Å². The van der Waals surface area contributed by atoms with Gasteiger partial charge in [-0.2, -0.15) is 0 Å². The van der Waals surface area contributed by atoms with E-state index < -0.39 is 6.10 Å². The van der Waals surface area contributed by atoms with Crippen molar-refractivity contribution in [3.8, 4) is 0 Å². The van der Waals surface area contributed by atoms with Gasteiger partial charge < -0.3 is 14.2 Å². The molecule has 0 heterocycles. The van der Waals surface area contributed by atoms with Crippen LogP contribution in [0.5, 0.6) is 0 Å². The molecule has 0 bridgehead atoms. The average molecular weight is 909 g/mol. The highest BCUT2D eigenvalue weighted by atomic mass is 16.6. The summed E-state index contributed by atoms with van der Waals surface area (Å²) in [6, 6.07) is 0. The highest BCUT2D eigenvalue weighted by Gasteiger charge is 2.19. The molecule has 1 unspecified atom stereocenters. The second kappa shape index (κ2) is 53.7. The van der Waals surface area contributed by atoms with Crippen LogP contribution in [0, 0.1) is 0 Å². The molecule has 6 heteroatoms. The van der Waals surface area contributed by atoms with Crippen LogP contribution in [0.25, 0.3) is 0 Å². The zero-order valence-corrected chi connectivity index (χ0v) is 43.0. The Kier molecular flexibility index (Phi) is 51.3. The van der Waals surface area contributed by atoms with Crippen LogP contribution in [0.15, 0.2) is 60.8 Å². The van der Waals surface area contributed by atoms with Gasteiger partial charge in [-0.15, -0.1) is 0 Å². The third-order valence-electron chi connectivity index (χ3n) is 12.0. The third kappa shape index (κ3) is 51.9. The minimum atomic E-state index is -0.790. The van der Waals surface area contributed by atoms with E-state index in [1.165, 1.54) is 148 Å². The average Bonchev–Trinajstić information content (AvgIpc) is 3.30. The van der Waals surface area contributed by atoms with Gasteiger partial charge >= 0.3 is 17.9 Å². The van der Waals surface area contributed by atoms with Crippen LogP contribution in [-0.4, -0.2) is 37.2 Å². The second-order valence-corrected chi connectivity index (χ2v) is 18.5. The molecule has 0 N–H and O–H groups in total. The van der Waals surface area contributed by atoms with E-state index in [1.807, 2.05) is 0 Å². The summed E-state index contributed by atoms with van der Waals surface area (Å²) in [6.45, 7) is 6.59. The smallest absolute Gasteiger partial charge is 0.306 e. The number of hydrogen-bond donors (Lipinski definition) is 0. The first-order valence-corrected chi connectivity index (χ1v) is 27.8. The largest absolute Gasteiger partial charge is 0.462 e. The number of carbonyl (C=O) groups is 3. The van der Waals surface area contributed by atoms with Gasteiger partial charge in [-0.25, -0.2) is 0 Å². The van der Waals surface area contributed by atoms with Gasteiger partial charge in [-0.1, -0.05) is 223 Å². The molecule has 6 nitrogen and oxygen atoms in total. The van der Waals surface area contributed by atoms with E-state index >= 15 is 0 Å². The molecule has 0 aliphatic heterocycles. The summed E-state index contributed by atoms with van der Waals surface area (Å²) < 4.78 is 16.8. The number of carbonyl (C=O) groups excluding carboxylic acids is 3. The first-order chi connectivity index (χ1) is 32.0. The zero-order valence-electron chi connectivity index (χ0n) is 43.0. The van der Waals surface area contributed by atoms with Crippen LogP contribution < -0.4 is 0 Å². The van der Waals surface area contributed by atoms with Gasteiger partial charge in [-0.3, -0.25) is 14.4 Å². The van der Waals surface area contributed by atoms with Crippen molar-refractivity contribution in [2.45, 2.75) is 284 Å². The van der Waals surface area contributed by atoms with Crippen LogP contribution in [0.1, 0.15) is 278 Å². The fourth-order valence-corrected chi connectivity index (χ4v) is 7.79. The Bertz CT molecular complexity index is 1180. The predicted molar refractivity (Wildman–Crippen MR) is 279 cm³/mol. The number of esters is 3. The first kappa shape index (κ1) is 62.1. The van der Waals surface area contributed by atoms with E-state index in [-0.39, 0.29) is 31.1 Å². The predicted octanol–water partition coefficient (Wildman–Crippen LogP) is 18.4. The number of rotatable bonds is 50. The standard InChI is InChI=1S/C59H104O6/c1-4-7-10-13-16-19-22-25-28-29-30-32-34-37-40-43-46-49-52-58(61)64-55-56(54-63-57(60)51-48-45-42-39-36-33-27-24-21-18-15-12-9-6-3)65-59(62)53-50-47-44-41-38-35-31-26-23-20-17-14-11-8-5-2/h20,22-23,25,28-30,32-33,36,56H,4-19,21,24,26-27,31,34-35,37-55H2,1-3H3/b23-20-,25-22-,29-28-,32-30-,36-33-. The monoisotopic (exact) mass is 909 g/mol. The Balaban J connectivity index is 4.43. The molecule has 0 aromatic heterocycles. The lowest BCUT2D eigenvalue weighted by molar-refractivity contribution is -0.167. The van der Waals surface area contributed by atoms with Crippen molar-refractivity contribution in [1.82, 2.24) is 0 Å². The summed E-state index contributed by atoms with van der Waals surface area (Å²) in [7, 11) is 0. The minimum Gasteiger partial charge on any atom is -0.462 e. The summed E-state index contributed by atoms with van der Waals surface area (Å²) in [5, 5.41) is 0. The van der Waals surface area contributed by atoms with Crippen LogP contribution in [0.2, 0.25) is 0 Å². The first-order valence-electron chi connectivity index (χ1n) is 27.8. The topological polar surface area (TPSA) is 78.9 Å². The molecule has 376 valence electrons. The van der Waals surface area contributed by atoms with E-state index in [2.05, 4.69) is 81.5 Å². The summed E-state index contributed by atoms with van der Waals surface area (Å²) in [4.78, 5) is 38.1. The Morgan fingerprint density at radius 1 is 0.308 bits per heavy atom. The summed E-state index contributed by atoms with van der Waals surface area (Å²) >= 11 is 0. The van der Waals surface area contributed by atoms with E-state index in [1.54, 1.807) is 0 Å². The van der Waals surface area contributed by atoms with Crippen LogP contribution in [0.3, 0.4) is 0 Å². The van der Waals surface area contributed by atoms with E-state index in [9.17, 15) is 14.4 Å². The molecule has 0 fully saturated rings. The Hall–Kier alpha value is -2.89. The summed E-state index contributed by atoms with van der Waals surface area (Å²) in [6.07, 6.45) is 66.3. The van der Waals surface area contributed by atoms with Crippen LogP contribution >= 0.6 is 0 Å². The van der Waals surface area contributed by atoms with Gasteiger partial charge in [0.2, 0.25) is 0 Å². The molecule has 65 heavy (non-hydrogen) atoms. The molecule has 0 spiro atoms. The zero-order chi connectivity index (χ0) is 47.2. The number of hydrogen-bond acceptors (Lipinski definition) is 6. The Morgan fingerprint density at radius 2 is 0.569 bits per heavy atom. The molecule has 0 saturated heterocycles. The van der Waals surface area contributed by atoms with Gasteiger partial charge in [-0.05, 0) is 96.3 Å². The Morgan fingerprint density at radius 3 is 0.923 bits per heavy atom. The van der Waals surface area contributed by atoms with Crippen LogP contribution in [-0.2, 0) is 28.6 Å². The molecule has 0 rings (SSSR count). The van der Waals surface area contributed by atoms with E-state index in [4.69, 9.17) is 14.2 Å². The van der Waals surface area contributed by atoms with Crippen molar-refractivity contribution in [1.29, 1.82) is 0 Å². The molecule has 0 aromatic carbocycles. The molecule has 0 radical (unpaired) electrons. The minimum absolute atomic E-state index is 0.0899. The van der Waals surface area contributed by atoms with Crippen molar-refractivity contribution >= 4 is 17.9 Å². The lowest BCUT2D eigenvalue weighted by Crippen LogP contribution is -2.30. The maximum Gasteiger partial charge on any atom is 0.306 e. The van der Waals surface area contributed by atoms with Gasteiger partial charge in [0, 0.05) is 19.3 Å². The molecule has 0 aromatic rings. The molecular weight excluding hydrogens is 805 g/mol. The van der Waals surface area contributed by atoms with Crippen molar-refractivity contribution < 1.29 is 28.6 Å². The van der Waals surface area contributed by atoms with Crippen molar-refractivity contribution in [2.24, 2.45) is 0 Å². The van der Waals surface area contributed by atoms with Crippen LogP contribution in [0.4, 0.5) is 0 Å². The molecular formula is C59H104O6. The van der Waals surface area contributed by atoms with Crippen molar-refractivity contribution in [2.75, 3.05) is 13.2 Å². The summed E-state index contributed by atoms with van der Waals surface area (Å²) in [5.74, 6) is -0.921. The number of allylic oxidation sites excluding steroid dienone is 10. The summed E-state index contributed by atoms with van der Waals surface area (Å²) in [5.41, 5.74) is 0. The fraction of sp³-hybridized carbons (Fsp3) is 0.780. The SMILES string of the molecule is CCCCCC/C=C\CCCCCCCCCC(=O)OC(COC(=O)CCCCC/C=C\CCCCCCCCC)COC(=O)CCCCCCC\C=C/C=C\C=C/CCCCCCC.